The number of alkyl halides is 1. The zero-order chi connectivity index (χ0) is 16.1. The lowest BCUT2D eigenvalue weighted by Gasteiger charge is -2.22. The number of nitrogens with two attached hydrogens (primary N) is 1. The summed E-state index contributed by atoms with van der Waals surface area (Å²) in [6, 6.07) is 0.838. The van der Waals surface area contributed by atoms with Crippen LogP contribution in [0, 0.1) is 0 Å². The number of aryl methyl sites for hydroxylation is 1. The number of likely N-dealkylation sites (tertiary alicyclic amines) is 1. The highest BCUT2D eigenvalue weighted by Crippen LogP contribution is 2.16. The molecule has 0 spiro atoms. The van der Waals surface area contributed by atoms with Crippen LogP contribution in [-0.4, -0.2) is 58.2 Å². The van der Waals surface area contributed by atoms with Gasteiger partial charge in [-0.05, 0) is 18.9 Å². The van der Waals surface area contributed by atoms with E-state index in [0.717, 1.165) is 0 Å². The maximum Gasteiger partial charge on any atom is 0.272 e. The van der Waals surface area contributed by atoms with Gasteiger partial charge in [0.15, 0.2) is 0 Å². The van der Waals surface area contributed by atoms with Crippen molar-refractivity contribution in [1.82, 2.24) is 20.0 Å². The number of nitrogens with zero attached hydrogens (tertiary/aromatic N) is 3. The smallest absolute Gasteiger partial charge is 0.272 e. The number of primary amides is 1. The van der Waals surface area contributed by atoms with Crippen LogP contribution >= 0.6 is 0 Å². The predicted molar refractivity (Wildman–Crippen MR) is 74.5 cm³/mol. The SMILES string of the molecule is NC(=O)C1CCCN1C(=O)CNC(=O)c1ccn(CCF)n1. The van der Waals surface area contributed by atoms with Crippen LogP contribution in [0.25, 0.3) is 0 Å². The molecule has 1 aliphatic rings. The molecule has 2 rings (SSSR count). The second-order valence-electron chi connectivity index (χ2n) is 4.98. The van der Waals surface area contributed by atoms with E-state index in [2.05, 4.69) is 10.4 Å². The van der Waals surface area contributed by atoms with Crippen LogP contribution < -0.4 is 11.1 Å². The first-order valence-electron chi connectivity index (χ1n) is 6.99. The molecule has 22 heavy (non-hydrogen) atoms. The molecule has 1 fully saturated rings. The summed E-state index contributed by atoms with van der Waals surface area (Å²) < 4.78 is 13.5. The molecule has 1 saturated heterocycles. The fraction of sp³-hybridized carbons (Fsp3) is 0.538. The van der Waals surface area contributed by atoms with E-state index in [0.29, 0.717) is 19.4 Å². The largest absolute Gasteiger partial charge is 0.368 e. The second kappa shape index (κ2) is 7.01. The lowest BCUT2D eigenvalue weighted by Crippen LogP contribution is -2.47. The Kier molecular flexibility index (Phi) is 5.08. The number of hydrogen-bond donors (Lipinski definition) is 2. The van der Waals surface area contributed by atoms with Crippen LogP contribution in [0.1, 0.15) is 23.3 Å². The Labute approximate surface area is 126 Å². The van der Waals surface area contributed by atoms with E-state index in [1.807, 2.05) is 0 Å². The number of rotatable bonds is 6. The Morgan fingerprint density at radius 3 is 2.91 bits per heavy atom. The Balaban J connectivity index is 1.87. The molecule has 0 radical (unpaired) electrons. The van der Waals surface area contributed by atoms with Gasteiger partial charge in [-0.25, -0.2) is 4.39 Å². The van der Waals surface area contributed by atoms with Crippen LogP contribution in [0.4, 0.5) is 4.39 Å². The summed E-state index contributed by atoms with van der Waals surface area (Å²) in [6.45, 7) is -0.295. The van der Waals surface area contributed by atoms with E-state index >= 15 is 0 Å². The van der Waals surface area contributed by atoms with Gasteiger partial charge >= 0.3 is 0 Å². The van der Waals surface area contributed by atoms with E-state index in [4.69, 9.17) is 5.73 Å². The molecule has 120 valence electrons. The molecule has 1 aromatic heterocycles. The molecular weight excluding hydrogens is 293 g/mol. The minimum absolute atomic E-state index is 0.0697. The van der Waals surface area contributed by atoms with Crippen molar-refractivity contribution < 1.29 is 18.8 Å². The van der Waals surface area contributed by atoms with Crippen molar-refractivity contribution >= 4 is 17.7 Å². The minimum Gasteiger partial charge on any atom is -0.368 e. The van der Waals surface area contributed by atoms with Gasteiger partial charge in [-0.1, -0.05) is 0 Å². The van der Waals surface area contributed by atoms with Gasteiger partial charge in [0.1, 0.15) is 18.4 Å². The van der Waals surface area contributed by atoms with E-state index in [9.17, 15) is 18.8 Å². The number of amides is 3. The lowest BCUT2D eigenvalue weighted by atomic mass is 10.2. The molecule has 3 N–H and O–H groups in total. The molecule has 1 unspecified atom stereocenters. The summed E-state index contributed by atoms with van der Waals surface area (Å²) in [5, 5.41) is 6.32. The molecule has 8 nitrogen and oxygen atoms in total. The molecule has 0 aliphatic carbocycles. The highest BCUT2D eigenvalue weighted by molar-refractivity contribution is 5.95. The van der Waals surface area contributed by atoms with Gasteiger partial charge in [0.05, 0.1) is 13.1 Å². The number of hydrogen-bond acceptors (Lipinski definition) is 4. The first-order valence-corrected chi connectivity index (χ1v) is 6.99. The quantitative estimate of drug-likeness (QED) is 0.706. The number of carbonyl (C=O) groups excluding carboxylic acids is 3. The van der Waals surface area contributed by atoms with Crippen LogP contribution in [0.3, 0.4) is 0 Å². The summed E-state index contributed by atoms with van der Waals surface area (Å²) >= 11 is 0. The van der Waals surface area contributed by atoms with Gasteiger partial charge in [0.2, 0.25) is 11.8 Å². The van der Waals surface area contributed by atoms with Crippen molar-refractivity contribution in [3.63, 3.8) is 0 Å². The number of carbonyl (C=O) groups is 3. The topological polar surface area (TPSA) is 110 Å². The maximum atomic E-state index is 12.2. The lowest BCUT2D eigenvalue weighted by molar-refractivity contribution is -0.136. The highest BCUT2D eigenvalue weighted by Gasteiger charge is 2.32. The van der Waals surface area contributed by atoms with Gasteiger partial charge in [-0.3, -0.25) is 19.1 Å². The Morgan fingerprint density at radius 2 is 2.23 bits per heavy atom. The maximum absolute atomic E-state index is 12.2. The summed E-state index contributed by atoms with van der Waals surface area (Å²) in [5.74, 6) is -1.43. The molecule has 0 saturated carbocycles. The Hall–Kier alpha value is -2.45. The molecule has 2 heterocycles. The van der Waals surface area contributed by atoms with Gasteiger partial charge in [-0.2, -0.15) is 5.10 Å². The standard InChI is InChI=1S/C13H18FN5O3/c14-4-7-18-6-3-9(17-18)13(22)16-8-11(20)19-5-1-2-10(19)12(15)21/h3,6,10H,1-2,4-5,7-8H2,(H2,15,21)(H,16,22). The van der Waals surface area contributed by atoms with E-state index < -0.39 is 24.5 Å². The average molecular weight is 311 g/mol. The third-order valence-corrected chi connectivity index (χ3v) is 3.49. The van der Waals surface area contributed by atoms with E-state index in [1.165, 1.54) is 21.8 Å². The van der Waals surface area contributed by atoms with Gasteiger partial charge in [-0.15, -0.1) is 0 Å². The Bertz CT molecular complexity index is 574. The van der Waals surface area contributed by atoms with E-state index in [1.54, 1.807) is 0 Å². The van der Waals surface area contributed by atoms with Gasteiger partial charge in [0.25, 0.3) is 5.91 Å². The summed E-state index contributed by atoms with van der Waals surface area (Å²) in [7, 11) is 0. The molecular formula is C13H18FN5O3. The number of aromatic nitrogens is 2. The zero-order valence-electron chi connectivity index (χ0n) is 12.0. The number of halogens is 1. The highest BCUT2D eigenvalue weighted by atomic mass is 19.1. The van der Waals surface area contributed by atoms with E-state index in [-0.39, 0.29) is 24.7 Å². The monoisotopic (exact) mass is 311 g/mol. The van der Waals surface area contributed by atoms with Crippen LogP contribution in [-0.2, 0) is 16.1 Å². The molecule has 3 amide bonds. The molecule has 1 aromatic rings. The minimum atomic E-state index is -0.604. The molecule has 1 atom stereocenters. The fourth-order valence-corrected chi connectivity index (χ4v) is 2.40. The third-order valence-electron chi connectivity index (χ3n) is 3.49. The molecule has 9 heteroatoms. The van der Waals surface area contributed by atoms with Gasteiger partial charge < -0.3 is 16.0 Å². The number of nitrogens with one attached hydrogen (secondary N) is 1. The first kappa shape index (κ1) is 15.9. The van der Waals surface area contributed by atoms with Crippen LogP contribution in [0.15, 0.2) is 12.3 Å². The summed E-state index contributed by atoms with van der Waals surface area (Å²) in [6.07, 6.45) is 2.74. The van der Waals surface area contributed by atoms with Crippen LogP contribution in [0.2, 0.25) is 0 Å². The van der Waals surface area contributed by atoms with Crippen molar-refractivity contribution in [3.8, 4) is 0 Å². The average Bonchev–Trinajstić information content (AvgIpc) is 3.13. The van der Waals surface area contributed by atoms with Gasteiger partial charge in [0, 0.05) is 12.7 Å². The summed E-state index contributed by atoms with van der Waals surface area (Å²) in [4.78, 5) is 36.5. The first-order chi connectivity index (χ1) is 10.5. The third kappa shape index (κ3) is 3.60. The normalized spacial score (nSPS) is 17.5. The van der Waals surface area contributed by atoms with Crippen molar-refractivity contribution in [2.75, 3.05) is 19.8 Å². The van der Waals surface area contributed by atoms with Crippen LogP contribution in [0.5, 0.6) is 0 Å². The molecule has 0 bridgehead atoms. The van der Waals surface area contributed by atoms with Crippen molar-refractivity contribution in [2.24, 2.45) is 5.73 Å². The molecule has 0 aromatic carbocycles. The van der Waals surface area contributed by atoms with Crippen molar-refractivity contribution in [2.45, 2.75) is 25.4 Å². The zero-order valence-corrected chi connectivity index (χ0v) is 12.0. The predicted octanol–water partition coefficient (Wildman–Crippen LogP) is -0.941. The summed E-state index contributed by atoms with van der Waals surface area (Å²) in [5.41, 5.74) is 5.35. The van der Waals surface area contributed by atoms with Crippen molar-refractivity contribution in [3.05, 3.63) is 18.0 Å². The molecule has 1 aliphatic heterocycles. The fourth-order valence-electron chi connectivity index (χ4n) is 2.40. The Morgan fingerprint density at radius 1 is 1.45 bits per heavy atom. The second-order valence-corrected chi connectivity index (χ2v) is 4.98. The van der Waals surface area contributed by atoms with Crippen molar-refractivity contribution in [1.29, 1.82) is 0 Å².